The largest absolute Gasteiger partial charge is 0.493 e. The zero-order chi connectivity index (χ0) is 16.9. The first-order valence-corrected chi connectivity index (χ1v) is 8.74. The lowest BCUT2D eigenvalue weighted by Crippen LogP contribution is -2.40. The molecule has 1 aliphatic rings. The number of hydrogen-bond acceptors (Lipinski definition) is 6. The molecule has 1 aromatic carbocycles. The van der Waals surface area contributed by atoms with Gasteiger partial charge in [0.25, 0.3) is 5.91 Å². The van der Waals surface area contributed by atoms with E-state index >= 15 is 0 Å². The Kier molecular flexibility index (Phi) is 5.32. The molecule has 1 saturated heterocycles. The van der Waals surface area contributed by atoms with Crippen LogP contribution >= 0.6 is 11.3 Å². The summed E-state index contributed by atoms with van der Waals surface area (Å²) < 4.78 is 16.2. The summed E-state index contributed by atoms with van der Waals surface area (Å²) in [6.45, 7) is 4.89. The van der Waals surface area contributed by atoms with E-state index in [-0.39, 0.29) is 5.91 Å². The van der Waals surface area contributed by atoms with Gasteiger partial charge in [0.2, 0.25) is 0 Å². The van der Waals surface area contributed by atoms with Crippen molar-refractivity contribution in [1.82, 2.24) is 9.88 Å². The van der Waals surface area contributed by atoms with E-state index in [4.69, 9.17) is 14.2 Å². The quantitative estimate of drug-likeness (QED) is 0.831. The van der Waals surface area contributed by atoms with Gasteiger partial charge in [0, 0.05) is 24.0 Å². The predicted octanol–water partition coefficient (Wildman–Crippen LogP) is 2.69. The van der Waals surface area contributed by atoms with Gasteiger partial charge in [0.1, 0.15) is 10.7 Å². The molecule has 0 N–H and O–H groups in total. The van der Waals surface area contributed by atoms with Crippen LogP contribution in [0.5, 0.6) is 11.5 Å². The molecule has 1 fully saturated rings. The minimum atomic E-state index is -0.0429. The van der Waals surface area contributed by atoms with Crippen molar-refractivity contribution in [3.63, 3.8) is 0 Å². The van der Waals surface area contributed by atoms with Crippen molar-refractivity contribution in [2.24, 2.45) is 0 Å². The Morgan fingerprint density at radius 3 is 2.83 bits per heavy atom. The molecule has 2 aromatic rings. The Morgan fingerprint density at radius 1 is 1.33 bits per heavy atom. The van der Waals surface area contributed by atoms with E-state index in [0.29, 0.717) is 50.1 Å². The number of carbonyl (C=O) groups is 1. The SMILES string of the molecule is CCOc1ccc(-c2nc(C(=O)N3CCOCC3)cs2)cc1OC. The number of morpholine rings is 1. The number of aromatic nitrogens is 1. The Bertz CT molecular complexity index is 710. The maximum absolute atomic E-state index is 12.5. The van der Waals surface area contributed by atoms with Crippen LogP contribution in [0, 0.1) is 0 Å². The molecular weight excluding hydrogens is 328 g/mol. The van der Waals surface area contributed by atoms with Gasteiger partial charge in [-0.1, -0.05) is 0 Å². The van der Waals surface area contributed by atoms with Gasteiger partial charge in [-0.3, -0.25) is 4.79 Å². The molecule has 24 heavy (non-hydrogen) atoms. The van der Waals surface area contributed by atoms with E-state index < -0.39 is 0 Å². The van der Waals surface area contributed by atoms with Crippen LogP contribution in [0.15, 0.2) is 23.6 Å². The standard InChI is InChI=1S/C17H20N2O4S/c1-3-23-14-5-4-12(10-15(14)21-2)16-18-13(11-24-16)17(20)19-6-8-22-9-7-19/h4-5,10-11H,3,6-9H2,1-2H3. The first-order chi connectivity index (χ1) is 11.7. The fourth-order valence-electron chi connectivity index (χ4n) is 2.51. The topological polar surface area (TPSA) is 60.9 Å². The van der Waals surface area contributed by atoms with Crippen LogP contribution in [0.2, 0.25) is 0 Å². The molecule has 1 amide bonds. The number of nitrogens with zero attached hydrogens (tertiary/aromatic N) is 2. The van der Waals surface area contributed by atoms with Crippen molar-refractivity contribution < 1.29 is 19.0 Å². The number of ether oxygens (including phenoxy) is 3. The van der Waals surface area contributed by atoms with Gasteiger partial charge in [-0.15, -0.1) is 11.3 Å². The van der Waals surface area contributed by atoms with Crippen molar-refractivity contribution in [1.29, 1.82) is 0 Å². The summed E-state index contributed by atoms with van der Waals surface area (Å²) in [5, 5.41) is 2.59. The molecular formula is C17H20N2O4S. The second-order valence-electron chi connectivity index (χ2n) is 5.24. The van der Waals surface area contributed by atoms with Crippen LogP contribution in [0.1, 0.15) is 17.4 Å². The molecule has 0 unspecified atom stereocenters. The van der Waals surface area contributed by atoms with E-state index in [9.17, 15) is 4.79 Å². The van der Waals surface area contributed by atoms with Crippen LogP contribution in [-0.2, 0) is 4.74 Å². The van der Waals surface area contributed by atoms with E-state index in [1.165, 1.54) is 11.3 Å². The first-order valence-electron chi connectivity index (χ1n) is 7.86. The minimum absolute atomic E-state index is 0.0429. The summed E-state index contributed by atoms with van der Waals surface area (Å²) in [5.74, 6) is 1.31. The number of amides is 1. The average Bonchev–Trinajstić information content (AvgIpc) is 3.12. The summed E-state index contributed by atoms with van der Waals surface area (Å²) in [6.07, 6.45) is 0. The van der Waals surface area contributed by atoms with Gasteiger partial charge in [0.05, 0.1) is 26.9 Å². The van der Waals surface area contributed by atoms with Crippen molar-refractivity contribution in [3.8, 4) is 22.1 Å². The molecule has 0 atom stereocenters. The normalized spacial score (nSPS) is 14.5. The highest BCUT2D eigenvalue weighted by atomic mass is 32.1. The van der Waals surface area contributed by atoms with E-state index in [2.05, 4.69) is 4.98 Å². The fourth-order valence-corrected chi connectivity index (χ4v) is 3.30. The highest BCUT2D eigenvalue weighted by molar-refractivity contribution is 7.13. The lowest BCUT2D eigenvalue weighted by molar-refractivity contribution is 0.0299. The van der Waals surface area contributed by atoms with Crippen molar-refractivity contribution in [2.75, 3.05) is 40.0 Å². The van der Waals surface area contributed by atoms with Gasteiger partial charge >= 0.3 is 0 Å². The molecule has 1 aliphatic heterocycles. The number of hydrogen-bond donors (Lipinski definition) is 0. The molecule has 0 spiro atoms. The second-order valence-corrected chi connectivity index (χ2v) is 6.10. The zero-order valence-electron chi connectivity index (χ0n) is 13.8. The van der Waals surface area contributed by atoms with Crippen molar-refractivity contribution in [2.45, 2.75) is 6.92 Å². The van der Waals surface area contributed by atoms with E-state index in [1.807, 2.05) is 25.1 Å². The molecule has 3 rings (SSSR count). The Labute approximate surface area is 145 Å². The summed E-state index contributed by atoms with van der Waals surface area (Å²) in [5.41, 5.74) is 1.38. The summed E-state index contributed by atoms with van der Waals surface area (Å²) in [6, 6.07) is 5.67. The van der Waals surface area contributed by atoms with Crippen LogP contribution in [0.3, 0.4) is 0 Å². The number of methoxy groups -OCH3 is 1. The Hall–Kier alpha value is -2.12. The molecule has 0 saturated carbocycles. The molecule has 1 aromatic heterocycles. The summed E-state index contributed by atoms with van der Waals surface area (Å²) >= 11 is 1.45. The fraction of sp³-hybridized carbons (Fsp3) is 0.412. The average molecular weight is 348 g/mol. The van der Waals surface area contributed by atoms with Gasteiger partial charge in [-0.05, 0) is 25.1 Å². The molecule has 0 radical (unpaired) electrons. The molecule has 0 bridgehead atoms. The summed E-state index contributed by atoms with van der Waals surface area (Å²) in [4.78, 5) is 18.8. The van der Waals surface area contributed by atoms with Gasteiger partial charge < -0.3 is 19.1 Å². The van der Waals surface area contributed by atoms with E-state index in [1.54, 1.807) is 17.4 Å². The highest BCUT2D eigenvalue weighted by Crippen LogP contribution is 2.34. The molecule has 6 nitrogen and oxygen atoms in total. The lowest BCUT2D eigenvalue weighted by Gasteiger charge is -2.25. The zero-order valence-corrected chi connectivity index (χ0v) is 14.6. The third-order valence-electron chi connectivity index (χ3n) is 3.73. The highest BCUT2D eigenvalue weighted by Gasteiger charge is 2.21. The Balaban J connectivity index is 1.81. The second kappa shape index (κ2) is 7.63. The van der Waals surface area contributed by atoms with Crippen LogP contribution in [0.25, 0.3) is 10.6 Å². The van der Waals surface area contributed by atoms with Crippen molar-refractivity contribution >= 4 is 17.2 Å². The molecule has 7 heteroatoms. The van der Waals surface area contributed by atoms with Crippen LogP contribution in [0.4, 0.5) is 0 Å². The van der Waals surface area contributed by atoms with Gasteiger partial charge in [-0.25, -0.2) is 4.98 Å². The van der Waals surface area contributed by atoms with Crippen LogP contribution in [-0.4, -0.2) is 55.8 Å². The number of thiazole rings is 1. The number of rotatable bonds is 5. The van der Waals surface area contributed by atoms with Gasteiger partial charge in [0.15, 0.2) is 11.5 Å². The number of carbonyl (C=O) groups excluding carboxylic acids is 1. The smallest absolute Gasteiger partial charge is 0.273 e. The van der Waals surface area contributed by atoms with Crippen LogP contribution < -0.4 is 9.47 Å². The maximum Gasteiger partial charge on any atom is 0.273 e. The third-order valence-corrected chi connectivity index (χ3v) is 4.62. The Morgan fingerprint density at radius 2 is 2.12 bits per heavy atom. The molecule has 128 valence electrons. The molecule has 2 heterocycles. The third kappa shape index (κ3) is 3.52. The number of benzene rings is 1. The van der Waals surface area contributed by atoms with E-state index in [0.717, 1.165) is 10.6 Å². The molecule has 0 aliphatic carbocycles. The lowest BCUT2D eigenvalue weighted by atomic mass is 10.2. The van der Waals surface area contributed by atoms with Gasteiger partial charge in [-0.2, -0.15) is 0 Å². The monoisotopic (exact) mass is 348 g/mol. The summed E-state index contributed by atoms with van der Waals surface area (Å²) in [7, 11) is 1.61. The first kappa shape index (κ1) is 16.7. The predicted molar refractivity (Wildman–Crippen MR) is 92.0 cm³/mol. The maximum atomic E-state index is 12.5. The minimum Gasteiger partial charge on any atom is -0.493 e. The van der Waals surface area contributed by atoms with Crippen molar-refractivity contribution in [3.05, 3.63) is 29.3 Å².